The maximum absolute atomic E-state index is 12.4. The Hall–Kier alpha value is -1.72. The van der Waals surface area contributed by atoms with Crippen molar-refractivity contribution in [2.24, 2.45) is 0 Å². The lowest BCUT2D eigenvalue weighted by Gasteiger charge is -2.11. The molecule has 88 valence electrons. The number of alkyl halides is 3. The number of carbonyl (C=O) groups excluding carboxylic acids is 1. The van der Waals surface area contributed by atoms with Crippen LogP contribution in [0.25, 0.3) is 0 Å². The van der Waals surface area contributed by atoms with Crippen LogP contribution in [-0.4, -0.2) is 18.2 Å². The molecule has 0 aliphatic heterocycles. The Kier molecular flexibility index (Phi) is 3.41. The number of esters is 1. The first kappa shape index (κ1) is 12.4. The standard InChI is InChI=1S/C10H9F3O3/c1-16-8(14)5-6-3-2-4-7(9(6)15)10(11,12)13/h2-4,15H,5H2,1H3. The average Bonchev–Trinajstić information content (AvgIpc) is 2.19. The van der Waals surface area contributed by atoms with Crippen molar-refractivity contribution in [1.82, 2.24) is 0 Å². The third-order valence-corrected chi connectivity index (χ3v) is 1.99. The van der Waals surface area contributed by atoms with Crippen molar-refractivity contribution in [2.45, 2.75) is 12.6 Å². The van der Waals surface area contributed by atoms with E-state index in [1.165, 1.54) is 6.07 Å². The molecule has 0 bridgehead atoms. The molecule has 0 spiro atoms. The second kappa shape index (κ2) is 4.42. The lowest BCUT2D eigenvalue weighted by Crippen LogP contribution is -2.09. The third kappa shape index (κ3) is 2.65. The molecule has 0 aliphatic rings. The van der Waals surface area contributed by atoms with Crippen LogP contribution in [0.3, 0.4) is 0 Å². The van der Waals surface area contributed by atoms with Crippen molar-refractivity contribution in [3.05, 3.63) is 29.3 Å². The van der Waals surface area contributed by atoms with Gasteiger partial charge in [-0.05, 0) is 6.07 Å². The Balaban J connectivity index is 3.09. The highest BCUT2D eigenvalue weighted by Gasteiger charge is 2.34. The van der Waals surface area contributed by atoms with Gasteiger partial charge in [0.2, 0.25) is 0 Å². The predicted octanol–water partition coefficient (Wildman–Crippen LogP) is 2.13. The van der Waals surface area contributed by atoms with E-state index < -0.39 is 29.9 Å². The van der Waals surface area contributed by atoms with E-state index in [2.05, 4.69) is 4.74 Å². The number of phenolic OH excluding ortho intramolecular Hbond substituents is 1. The summed E-state index contributed by atoms with van der Waals surface area (Å²) in [4.78, 5) is 10.9. The van der Waals surface area contributed by atoms with Gasteiger partial charge in [0, 0.05) is 5.56 Å². The fourth-order valence-corrected chi connectivity index (χ4v) is 1.19. The van der Waals surface area contributed by atoms with Crippen molar-refractivity contribution in [2.75, 3.05) is 7.11 Å². The first-order valence-corrected chi connectivity index (χ1v) is 4.31. The second-order valence-corrected chi connectivity index (χ2v) is 3.06. The van der Waals surface area contributed by atoms with Gasteiger partial charge in [0.25, 0.3) is 0 Å². The molecule has 16 heavy (non-hydrogen) atoms. The molecule has 1 rings (SSSR count). The van der Waals surface area contributed by atoms with E-state index in [9.17, 15) is 23.1 Å². The van der Waals surface area contributed by atoms with Crippen LogP contribution in [0.1, 0.15) is 11.1 Å². The molecule has 1 N–H and O–H groups in total. The number of para-hydroxylation sites is 1. The summed E-state index contributed by atoms with van der Waals surface area (Å²) in [6.07, 6.45) is -5.04. The average molecular weight is 234 g/mol. The zero-order valence-electron chi connectivity index (χ0n) is 8.34. The van der Waals surface area contributed by atoms with Crippen LogP contribution in [0, 0.1) is 0 Å². The summed E-state index contributed by atoms with van der Waals surface area (Å²) in [5.41, 5.74) is -1.27. The molecular formula is C10H9F3O3. The lowest BCUT2D eigenvalue weighted by atomic mass is 10.1. The molecule has 0 amide bonds. The molecule has 0 fully saturated rings. The smallest absolute Gasteiger partial charge is 0.419 e. The number of methoxy groups -OCH3 is 1. The summed E-state index contributed by atoms with van der Waals surface area (Å²) >= 11 is 0. The molecule has 0 unspecified atom stereocenters. The third-order valence-electron chi connectivity index (χ3n) is 1.99. The minimum absolute atomic E-state index is 0.110. The molecule has 6 heteroatoms. The van der Waals surface area contributed by atoms with E-state index >= 15 is 0 Å². The minimum Gasteiger partial charge on any atom is -0.507 e. The largest absolute Gasteiger partial charge is 0.507 e. The van der Waals surface area contributed by atoms with Gasteiger partial charge >= 0.3 is 12.1 Å². The van der Waals surface area contributed by atoms with E-state index in [0.717, 1.165) is 19.2 Å². The second-order valence-electron chi connectivity index (χ2n) is 3.06. The van der Waals surface area contributed by atoms with Gasteiger partial charge < -0.3 is 9.84 Å². The zero-order chi connectivity index (χ0) is 12.3. The van der Waals surface area contributed by atoms with Crippen LogP contribution in [0.15, 0.2) is 18.2 Å². The van der Waals surface area contributed by atoms with Gasteiger partial charge in [0.05, 0.1) is 19.1 Å². The van der Waals surface area contributed by atoms with Crippen molar-refractivity contribution >= 4 is 5.97 Å². The van der Waals surface area contributed by atoms with E-state index in [0.29, 0.717) is 0 Å². The summed E-state index contributed by atoms with van der Waals surface area (Å²) in [5, 5.41) is 9.34. The van der Waals surface area contributed by atoms with Crippen molar-refractivity contribution in [1.29, 1.82) is 0 Å². The number of carbonyl (C=O) groups is 1. The van der Waals surface area contributed by atoms with E-state index in [4.69, 9.17) is 0 Å². The molecule has 0 atom stereocenters. The van der Waals surface area contributed by atoms with Gasteiger partial charge in [-0.3, -0.25) is 4.79 Å². The van der Waals surface area contributed by atoms with Crippen LogP contribution in [0.2, 0.25) is 0 Å². The maximum Gasteiger partial charge on any atom is 0.419 e. The SMILES string of the molecule is COC(=O)Cc1cccc(C(F)(F)F)c1O. The molecule has 0 saturated heterocycles. The number of rotatable bonds is 2. The Morgan fingerprint density at radius 1 is 1.44 bits per heavy atom. The lowest BCUT2D eigenvalue weighted by molar-refractivity contribution is -0.141. The molecule has 3 nitrogen and oxygen atoms in total. The number of phenols is 1. The fraction of sp³-hybridized carbons (Fsp3) is 0.300. The summed E-state index contributed by atoms with van der Waals surface area (Å²) < 4.78 is 41.4. The summed E-state index contributed by atoms with van der Waals surface area (Å²) in [6, 6.07) is 3.11. The number of halogens is 3. The number of benzene rings is 1. The van der Waals surface area contributed by atoms with Gasteiger partial charge in [0.1, 0.15) is 5.75 Å². The molecule has 0 aromatic heterocycles. The van der Waals surface area contributed by atoms with Crippen LogP contribution < -0.4 is 0 Å². The predicted molar refractivity (Wildman–Crippen MR) is 48.8 cm³/mol. The molecular weight excluding hydrogens is 225 g/mol. The van der Waals surface area contributed by atoms with Crippen LogP contribution >= 0.6 is 0 Å². The maximum atomic E-state index is 12.4. The quantitative estimate of drug-likeness (QED) is 0.797. The monoisotopic (exact) mass is 234 g/mol. The van der Waals surface area contributed by atoms with E-state index in [1.807, 2.05) is 0 Å². The Bertz CT molecular complexity index is 399. The number of aromatic hydroxyl groups is 1. The van der Waals surface area contributed by atoms with Gasteiger partial charge in [-0.25, -0.2) is 0 Å². The Morgan fingerprint density at radius 3 is 2.56 bits per heavy atom. The molecule has 1 aromatic carbocycles. The van der Waals surface area contributed by atoms with Crippen LogP contribution in [-0.2, 0) is 22.1 Å². The fourth-order valence-electron chi connectivity index (χ4n) is 1.19. The van der Waals surface area contributed by atoms with Crippen LogP contribution in [0.4, 0.5) is 13.2 Å². The van der Waals surface area contributed by atoms with Gasteiger partial charge in [-0.1, -0.05) is 12.1 Å². The highest BCUT2D eigenvalue weighted by atomic mass is 19.4. The Morgan fingerprint density at radius 2 is 2.06 bits per heavy atom. The van der Waals surface area contributed by atoms with Gasteiger partial charge in [0.15, 0.2) is 0 Å². The first-order valence-electron chi connectivity index (χ1n) is 4.31. The van der Waals surface area contributed by atoms with Crippen LogP contribution in [0.5, 0.6) is 5.75 Å². The highest BCUT2D eigenvalue weighted by Crippen LogP contribution is 2.37. The van der Waals surface area contributed by atoms with E-state index in [-0.39, 0.29) is 5.56 Å². The zero-order valence-corrected chi connectivity index (χ0v) is 8.34. The molecule has 0 aliphatic carbocycles. The number of ether oxygens (including phenoxy) is 1. The normalized spacial score (nSPS) is 11.2. The topological polar surface area (TPSA) is 46.5 Å². The van der Waals surface area contributed by atoms with Gasteiger partial charge in [-0.2, -0.15) is 13.2 Å². The molecule has 0 heterocycles. The molecule has 0 saturated carbocycles. The minimum atomic E-state index is -4.64. The molecule has 0 radical (unpaired) electrons. The Labute approximate surface area is 89.5 Å². The summed E-state index contributed by atoms with van der Waals surface area (Å²) in [5.74, 6) is -1.64. The molecule has 1 aromatic rings. The van der Waals surface area contributed by atoms with Crippen molar-refractivity contribution in [3.63, 3.8) is 0 Å². The first-order chi connectivity index (χ1) is 7.36. The number of hydrogen-bond acceptors (Lipinski definition) is 3. The van der Waals surface area contributed by atoms with Crippen molar-refractivity contribution in [3.8, 4) is 5.75 Å². The van der Waals surface area contributed by atoms with E-state index in [1.54, 1.807) is 0 Å². The van der Waals surface area contributed by atoms with Gasteiger partial charge in [-0.15, -0.1) is 0 Å². The summed E-state index contributed by atoms with van der Waals surface area (Å²) in [7, 11) is 1.12. The number of hydrogen-bond donors (Lipinski definition) is 1. The highest BCUT2D eigenvalue weighted by molar-refractivity contribution is 5.73. The summed E-state index contributed by atoms with van der Waals surface area (Å²) in [6.45, 7) is 0. The van der Waals surface area contributed by atoms with Crippen molar-refractivity contribution < 1.29 is 27.8 Å².